The summed E-state index contributed by atoms with van der Waals surface area (Å²) in [5.41, 5.74) is 1.97. The number of hydrogen-bond acceptors (Lipinski definition) is 3. The number of nitrogens with one attached hydrogen (secondary N) is 1. The first kappa shape index (κ1) is 17.2. The molecule has 6 nitrogen and oxygen atoms in total. The van der Waals surface area contributed by atoms with Crippen LogP contribution in [0.25, 0.3) is 5.65 Å². The third kappa shape index (κ3) is 3.16. The Bertz CT molecular complexity index is 1020. The number of imidazole rings is 1. The van der Waals surface area contributed by atoms with Crippen LogP contribution < -0.4 is 5.32 Å². The maximum atomic E-state index is 14.8. The van der Waals surface area contributed by atoms with Crippen molar-refractivity contribution in [2.24, 2.45) is 0 Å². The van der Waals surface area contributed by atoms with Crippen molar-refractivity contribution in [2.45, 2.75) is 19.4 Å². The molecule has 1 fully saturated rings. The molecule has 0 spiro atoms. The molecule has 1 atom stereocenters. The molecule has 0 unspecified atom stereocenters. The van der Waals surface area contributed by atoms with Crippen LogP contribution in [0.5, 0.6) is 0 Å². The lowest BCUT2D eigenvalue weighted by molar-refractivity contribution is -0.127. The quantitative estimate of drug-likeness (QED) is 0.771. The maximum Gasteiger partial charge on any atom is 0.278 e. The lowest BCUT2D eigenvalue weighted by Crippen LogP contribution is -2.58. The van der Waals surface area contributed by atoms with Gasteiger partial charge in [-0.05, 0) is 30.2 Å². The van der Waals surface area contributed by atoms with Crippen molar-refractivity contribution >= 4 is 17.5 Å². The summed E-state index contributed by atoms with van der Waals surface area (Å²) in [7, 11) is 0. The number of piperazine rings is 1. The van der Waals surface area contributed by atoms with Crippen LogP contribution >= 0.6 is 0 Å². The highest BCUT2D eigenvalue weighted by Gasteiger charge is 2.36. The molecule has 1 saturated heterocycles. The maximum absolute atomic E-state index is 14.8. The molecule has 4 rings (SSSR count). The lowest BCUT2D eigenvalue weighted by Gasteiger charge is -2.34. The number of aryl methyl sites for hydroxylation is 1. The second-order valence-corrected chi connectivity index (χ2v) is 6.68. The predicted molar refractivity (Wildman–Crippen MR) is 97.9 cm³/mol. The van der Waals surface area contributed by atoms with Gasteiger partial charge in [-0.2, -0.15) is 4.39 Å². The van der Waals surface area contributed by atoms with Crippen molar-refractivity contribution < 1.29 is 14.0 Å². The summed E-state index contributed by atoms with van der Waals surface area (Å²) >= 11 is 0. The zero-order valence-electron chi connectivity index (χ0n) is 14.9. The Kier molecular flexibility index (Phi) is 4.35. The summed E-state index contributed by atoms with van der Waals surface area (Å²) < 4.78 is 16.0. The van der Waals surface area contributed by atoms with Gasteiger partial charge in [-0.15, -0.1) is 0 Å². The molecule has 1 aliphatic rings. The Morgan fingerprint density at radius 1 is 1.30 bits per heavy atom. The van der Waals surface area contributed by atoms with Gasteiger partial charge in [0.25, 0.3) is 5.91 Å². The zero-order chi connectivity index (χ0) is 19.0. The minimum atomic E-state index is -0.709. The number of carbonyl (C=O) groups excluding carboxylic acids is 2. The molecule has 2 aromatic heterocycles. The van der Waals surface area contributed by atoms with Crippen LogP contribution in [-0.2, 0) is 11.2 Å². The average Bonchev–Trinajstić information content (AvgIpc) is 2.99. The van der Waals surface area contributed by atoms with Crippen molar-refractivity contribution in [3.63, 3.8) is 0 Å². The number of nitrogens with zero attached hydrogens (tertiary/aromatic N) is 3. The average molecular weight is 366 g/mol. The Labute approximate surface area is 155 Å². The third-order valence-electron chi connectivity index (χ3n) is 4.79. The number of hydrogen-bond donors (Lipinski definition) is 1. The second kappa shape index (κ2) is 6.83. The molecule has 3 aromatic rings. The van der Waals surface area contributed by atoms with Gasteiger partial charge in [0, 0.05) is 25.7 Å². The van der Waals surface area contributed by atoms with E-state index in [9.17, 15) is 14.0 Å². The highest BCUT2D eigenvalue weighted by atomic mass is 19.1. The van der Waals surface area contributed by atoms with Gasteiger partial charge in [-0.25, -0.2) is 4.98 Å². The first-order valence-electron chi connectivity index (χ1n) is 8.81. The first-order valence-corrected chi connectivity index (χ1v) is 8.81. The third-order valence-corrected chi connectivity index (χ3v) is 4.79. The Balaban J connectivity index is 1.68. The SMILES string of the molecule is Cc1ccn2c(F)c(C(=O)N3CCNC(=O)[C@@H]3Cc3ccccc3)nc2c1. The monoisotopic (exact) mass is 366 g/mol. The van der Waals surface area contributed by atoms with E-state index in [2.05, 4.69) is 10.3 Å². The van der Waals surface area contributed by atoms with E-state index in [1.165, 1.54) is 9.30 Å². The molecule has 7 heteroatoms. The fraction of sp³-hybridized carbons (Fsp3) is 0.250. The van der Waals surface area contributed by atoms with Crippen molar-refractivity contribution in [2.75, 3.05) is 13.1 Å². The van der Waals surface area contributed by atoms with E-state index in [-0.39, 0.29) is 11.6 Å². The van der Waals surface area contributed by atoms with Crippen molar-refractivity contribution in [1.29, 1.82) is 0 Å². The highest BCUT2D eigenvalue weighted by Crippen LogP contribution is 2.19. The van der Waals surface area contributed by atoms with Crippen molar-refractivity contribution in [3.05, 3.63) is 71.4 Å². The van der Waals surface area contributed by atoms with Crippen LogP contribution in [0.15, 0.2) is 48.7 Å². The number of benzene rings is 1. The van der Waals surface area contributed by atoms with Gasteiger partial charge in [0.2, 0.25) is 11.9 Å². The number of pyridine rings is 1. The first-order chi connectivity index (χ1) is 13.0. The van der Waals surface area contributed by atoms with E-state index in [1.54, 1.807) is 18.3 Å². The van der Waals surface area contributed by atoms with Crippen LogP contribution in [0.3, 0.4) is 0 Å². The molecule has 2 amide bonds. The molecule has 1 N–H and O–H groups in total. The number of halogens is 1. The predicted octanol–water partition coefficient (Wildman–Crippen LogP) is 1.97. The standard InChI is InChI=1S/C20H19FN4O2/c1-13-7-9-25-16(11-13)23-17(18(25)21)20(27)24-10-8-22-19(26)15(24)12-14-5-3-2-4-6-14/h2-7,9,11,15H,8,10,12H2,1H3,(H,22,26)/t15-/m0/s1. The van der Waals surface area contributed by atoms with E-state index in [4.69, 9.17) is 0 Å². The fourth-order valence-electron chi connectivity index (χ4n) is 3.39. The van der Waals surface area contributed by atoms with Crippen LogP contribution in [-0.4, -0.2) is 45.2 Å². The zero-order valence-corrected chi connectivity index (χ0v) is 14.9. The number of carbonyl (C=O) groups is 2. The summed E-state index contributed by atoms with van der Waals surface area (Å²) in [5, 5.41) is 2.79. The van der Waals surface area contributed by atoms with Crippen molar-refractivity contribution in [3.8, 4) is 0 Å². The minimum absolute atomic E-state index is 0.238. The van der Waals surface area contributed by atoms with Gasteiger partial charge in [0.15, 0.2) is 5.69 Å². The van der Waals surface area contributed by atoms with Crippen LogP contribution in [0.2, 0.25) is 0 Å². The van der Waals surface area contributed by atoms with E-state index in [1.807, 2.05) is 37.3 Å². The van der Waals surface area contributed by atoms with E-state index < -0.39 is 17.9 Å². The number of rotatable bonds is 3. The van der Waals surface area contributed by atoms with Crippen LogP contribution in [0.4, 0.5) is 4.39 Å². The van der Waals surface area contributed by atoms with Gasteiger partial charge in [0.1, 0.15) is 11.7 Å². The molecular formula is C20H19FN4O2. The molecule has 138 valence electrons. The molecule has 1 aliphatic heterocycles. The molecule has 27 heavy (non-hydrogen) atoms. The molecule has 0 aliphatic carbocycles. The number of fused-ring (bicyclic) bond motifs is 1. The molecule has 3 heterocycles. The van der Waals surface area contributed by atoms with Gasteiger partial charge < -0.3 is 10.2 Å². The fourth-order valence-corrected chi connectivity index (χ4v) is 3.39. The largest absolute Gasteiger partial charge is 0.353 e. The normalized spacial score (nSPS) is 17.2. The van der Waals surface area contributed by atoms with Crippen molar-refractivity contribution in [1.82, 2.24) is 19.6 Å². The number of aromatic nitrogens is 2. The Morgan fingerprint density at radius 2 is 2.07 bits per heavy atom. The van der Waals surface area contributed by atoms with Gasteiger partial charge in [-0.3, -0.25) is 14.0 Å². The van der Waals surface area contributed by atoms with E-state index >= 15 is 0 Å². The second-order valence-electron chi connectivity index (χ2n) is 6.68. The van der Waals surface area contributed by atoms with Crippen LogP contribution in [0.1, 0.15) is 21.6 Å². The Hall–Kier alpha value is -3.22. The summed E-state index contributed by atoms with van der Waals surface area (Å²) in [6, 6.07) is 12.2. The smallest absolute Gasteiger partial charge is 0.278 e. The summed E-state index contributed by atoms with van der Waals surface area (Å²) in [6.07, 6.45) is 1.92. The summed E-state index contributed by atoms with van der Waals surface area (Å²) in [5.74, 6) is -1.51. The van der Waals surface area contributed by atoms with Gasteiger partial charge in [-0.1, -0.05) is 30.3 Å². The lowest BCUT2D eigenvalue weighted by atomic mass is 10.0. The topological polar surface area (TPSA) is 66.7 Å². The molecule has 0 radical (unpaired) electrons. The van der Waals surface area contributed by atoms with E-state index in [0.717, 1.165) is 11.1 Å². The number of amides is 2. The van der Waals surface area contributed by atoms with Gasteiger partial charge in [0.05, 0.1) is 0 Å². The molecular weight excluding hydrogens is 347 g/mol. The van der Waals surface area contributed by atoms with Gasteiger partial charge >= 0.3 is 0 Å². The molecule has 0 bridgehead atoms. The minimum Gasteiger partial charge on any atom is -0.353 e. The van der Waals surface area contributed by atoms with Crippen LogP contribution in [0, 0.1) is 12.9 Å². The van der Waals surface area contributed by atoms with E-state index in [0.29, 0.717) is 25.2 Å². The summed E-state index contributed by atoms with van der Waals surface area (Å²) in [4.78, 5) is 31.1. The summed E-state index contributed by atoms with van der Waals surface area (Å²) in [6.45, 7) is 2.53. The highest BCUT2D eigenvalue weighted by molar-refractivity contribution is 5.97. The molecule has 1 aromatic carbocycles. The molecule has 0 saturated carbocycles. The Morgan fingerprint density at radius 3 is 2.85 bits per heavy atom.